The van der Waals surface area contributed by atoms with Gasteiger partial charge >= 0.3 is 6.09 Å². The summed E-state index contributed by atoms with van der Waals surface area (Å²) >= 11 is 0. The monoisotopic (exact) mass is 365 g/mol. The number of fused-ring (bicyclic) bond motifs is 1. The van der Waals surface area contributed by atoms with Crippen molar-refractivity contribution in [3.05, 3.63) is 66.0 Å². The predicted molar refractivity (Wildman–Crippen MR) is 108 cm³/mol. The van der Waals surface area contributed by atoms with Gasteiger partial charge in [-0.15, -0.1) is 0 Å². The largest absolute Gasteiger partial charge is 0.444 e. The van der Waals surface area contributed by atoms with Crippen LogP contribution in [0.2, 0.25) is 0 Å². The van der Waals surface area contributed by atoms with Gasteiger partial charge in [-0.25, -0.2) is 9.78 Å². The van der Waals surface area contributed by atoms with E-state index >= 15 is 0 Å². The Morgan fingerprint density at radius 2 is 1.93 bits per heavy atom. The molecule has 1 N–H and O–H groups in total. The van der Waals surface area contributed by atoms with E-state index < -0.39 is 5.60 Å². The fourth-order valence-electron chi connectivity index (χ4n) is 3.21. The fraction of sp³-hybridized carbons (Fsp3) is 0.364. The Bertz CT molecular complexity index is 897. The van der Waals surface area contributed by atoms with Crippen LogP contribution in [0.1, 0.15) is 44.2 Å². The molecule has 1 atom stereocenters. The van der Waals surface area contributed by atoms with E-state index in [1.807, 2.05) is 51.2 Å². The van der Waals surface area contributed by atoms with Crippen LogP contribution in [0.25, 0.3) is 11.0 Å². The summed E-state index contributed by atoms with van der Waals surface area (Å²) in [6.07, 6.45) is 4.32. The first-order chi connectivity index (χ1) is 12.8. The summed E-state index contributed by atoms with van der Waals surface area (Å²) in [5.74, 6) is 0.161. The van der Waals surface area contributed by atoms with E-state index in [0.717, 1.165) is 17.5 Å². The van der Waals surface area contributed by atoms with Gasteiger partial charge in [0.25, 0.3) is 0 Å². The molecular weight excluding hydrogens is 338 g/mol. The molecule has 0 aliphatic rings. The second-order valence-electron chi connectivity index (χ2n) is 7.80. The van der Waals surface area contributed by atoms with Gasteiger partial charge in [0.2, 0.25) is 0 Å². The molecule has 0 saturated carbocycles. The van der Waals surface area contributed by atoms with E-state index in [0.29, 0.717) is 6.54 Å². The third kappa shape index (κ3) is 4.67. The fourth-order valence-corrected chi connectivity index (χ4v) is 3.21. The third-order valence-electron chi connectivity index (χ3n) is 4.52. The van der Waals surface area contributed by atoms with Crippen LogP contribution >= 0.6 is 0 Å². The van der Waals surface area contributed by atoms with Crippen LogP contribution in [0.4, 0.5) is 4.79 Å². The lowest BCUT2D eigenvalue weighted by molar-refractivity contribution is 0.0295. The molecule has 0 aliphatic carbocycles. The number of carbonyl (C=O) groups is 1. The highest BCUT2D eigenvalue weighted by atomic mass is 16.6. The molecule has 142 valence electrons. The summed E-state index contributed by atoms with van der Waals surface area (Å²) in [6.45, 7) is 6.24. The Morgan fingerprint density at radius 1 is 1.19 bits per heavy atom. The molecule has 0 unspecified atom stereocenters. The normalized spacial score (nSPS) is 12.7. The van der Waals surface area contributed by atoms with Crippen molar-refractivity contribution in [3.8, 4) is 0 Å². The van der Waals surface area contributed by atoms with Gasteiger partial charge in [-0.2, -0.15) is 0 Å². The highest BCUT2D eigenvalue weighted by Gasteiger charge is 2.23. The van der Waals surface area contributed by atoms with Crippen LogP contribution < -0.4 is 0 Å². The summed E-state index contributed by atoms with van der Waals surface area (Å²) < 4.78 is 5.47. The van der Waals surface area contributed by atoms with Gasteiger partial charge in [0.15, 0.2) is 0 Å². The van der Waals surface area contributed by atoms with Crippen molar-refractivity contribution in [2.24, 2.45) is 0 Å². The Hall–Kier alpha value is -2.82. The van der Waals surface area contributed by atoms with Crippen molar-refractivity contribution in [3.63, 3.8) is 0 Å². The second kappa shape index (κ2) is 7.82. The summed E-state index contributed by atoms with van der Waals surface area (Å²) in [6, 6.07) is 14.4. The first kappa shape index (κ1) is 19.0. The van der Waals surface area contributed by atoms with Crippen molar-refractivity contribution < 1.29 is 9.53 Å². The van der Waals surface area contributed by atoms with Gasteiger partial charge in [0.1, 0.15) is 11.2 Å². The van der Waals surface area contributed by atoms with Gasteiger partial charge in [-0.3, -0.25) is 0 Å². The number of amides is 1. The number of ether oxygens (including phenoxy) is 1. The molecule has 5 nitrogen and oxygen atoms in total. The van der Waals surface area contributed by atoms with Gasteiger partial charge in [-0.1, -0.05) is 30.3 Å². The van der Waals surface area contributed by atoms with Crippen molar-refractivity contribution in [2.75, 3.05) is 13.6 Å². The molecule has 0 fully saturated rings. The molecule has 3 aromatic rings. The minimum Gasteiger partial charge on any atom is -0.444 e. The number of pyridine rings is 1. The molecule has 0 spiro atoms. The zero-order valence-electron chi connectivity index (χ0n) is 16.4. The topological polar surface area (TPSA) is 58.2 Å². The molecule has 0 aliphatic heterocycles. The quantitative estimate of drug-likeness (QED) is 0.696. The number of nitrogens with one attached hydrogen (secondary N) is 1. The van der Waals surface area contributed by atoms with Crippen LogP contribution in [-0.2, 0) is 4.74 Å². The molecule has 2 aromatic heterocycles. The molecule has 5 heteroatoms. The molecule has 0 bridgehead atoms. The van der Waals surface area contributed by atoms with Crippen molar-refractivity contribution in [1.29, 1.82) is 0 Å². The van der Waals surface area contributed by atoms with Crippen molar-refractivity contribution in [1.82, 2.24) is 14.9 Å². The average Bonchev–Trinajstić information content (AvgIpc) is 3.05. The summed E-state index contributed by atoms with van der Waals surface area (Å²) in [4.78, 5) is 21.6. The number of benzene rings is 1. The second-order valence-corrected chi connectivity index (χ2v) is 7.80. The number of carbonyl (C=O) groups excluding carboxylic acids is 1. The van der Waals surface area contributed by atoms with E-state index in [-0.39, 0.29) is 12.0 Å². The van der Waals surface area contributed by atoms with Gasteiger partial charge in [0, 0.05) is 37.3 Å². The van der Waals surface area contributed by atoms with Crippen molar-refractivity contribution in [2.45, 2.75) is 38.7 Å². The number of hydrogen-bond acceptors (Lipinski definition) is 3. The number of aromatic nitrogens is 2. The molecular formula is C22H27N3O2. The predicted octanol–water partition coefficient (Wildman–Crippen LogP) is 4.95. The Kier molecular flexibility index (Phi) is 5.49. The first-order valence-corrected chi connectivity index (χ1v) is 9.26. The van der Waals surface area contributed by atoms with E-state index in [1.165, 1.54) is 11.1 Å². The highest BCUT2D eigenvalue weighted by molar-refractivity contribution is 5.80. The molecule has 0 radical (unpaired) electrons. The minimum absolute atomic E-state index is 0.161. The average molecular weight is 365 g/mol. The number of rotatable bonds is 5. The van der Waals surface area contributed by atoms with E-state index in [1.54, 1.807) is 18.1 Å². The zero-order valence-corrected chi connectivity index (χ0v) is 16.4. The first-order valence-electron chi connectivity index (χ1n) is 9.26. The van der Waals surface area contributed by atoms with Crippen LogP contribution in [-0.4, -0.2) is 40.2 Å². The molecule has 27 heavy (non-hydrogen) atoms. The molecule has 2 heterocycles. The number of H-pyrrole nitrogens is 1. The van der Waals surface area contributed by atoms with Crippen LogP contribution in [0.3, 0.4) is 0 Å². The van der Waals surface area contributed by atoms with Gasteiger partial charge in [0.05, 0.1) is 0 Å². The van der Waals surface area contributed by atoms with Crippen LogP contribution in [0.15, 0.2) is 54.9 Å². The standard InChI is InChI=1S/C22H27N3O2/c1-22(2,3)27-21(26)25(4)14-12-17(16-9-6-5-7-10-16)19-15-24-20-18(19)11-8-13-23-20/h5-11,13,15,17H,12,14H2,1-4H3,(H,23,24)/t17-/m1/s1. The van der Waals surface area contributed by atoms with Gasteiger partial charge in [-0.05, 0) is 50.5 Å². The van der Waals surface area contributed by atoms with E-state index in [4.69, 9.17) is 4.74 Å². The summed E-state index contributed by atoms with van der Waals surface area (Å²) in [5, 5.41) is 1.12. The Balaban J connectivity index is 1.83. The lowest BCUT2D eigenvalue weighted by atomic mass is 9.88. The lowest BCUT2D eigenvalue weighted by Gasteiger charge is -2.26. The maximum absolute atomic E-state index is 12.3. The Morgan fingerprint density at radius 3 is 2.63 bits per heavy atom. The molecule has 1 amide bonds. The van der Waals surface area contributed by atoms with E-state index in [9.17, 15) is 4.79 Å². The lowest BCUT2D eigenvalue weighted by Crippen LogP contribution is -2.35. The number of nitrogens with zero attached hydrogens (tertiary/aromatic N) is 2. The maximum atomic E-state index is 12.3. The summed E-state index contributed by atoms with van der Waals surface area (Å²) in [7, 11) is 1.78. The van der Waals surface area contributed by atoms with E-state index in [2.05, 4.69) is 28.2 Å². The molecule has 3 rings (SSSR count). The Labute approximate surface area is 160 Å². The third-order valence-corrected chi connectivity index (χ3v) is 4.52. The van der Waals surface area contributed by atoms with Crippen LogP contribution in [0.5, 0.6) is 0 Å². The smallest absolute Gasteiger partial charge is 0.410 e. The van der Waals surface area contributed by atoms with Crippen LogP contribution in [0, 0.1) is 0 Å². The van der Waals surface area contributed by atoms with Crippen molar-refractivity contribution >= 4 is 17.1 Å². The number of hydrogen-bond donors (Lipinski definition) is 1. The maximum Gasteiger partial charge on any atom is 0.410 e. The minimum atomic E-state index is -0.493. The molecule has 1 aromatic carbocycles. The number of aromatic amines is 1. The highest BCUT2D eigenvalue weighted by Crippen LogP contribution is 2.33. The SMILES string of the molecule is CN(CC[C@H](c1ccccc1)c1c[nH]c2ncccc12)C(=O)OC(C)(C)C. The summed E-state index contributed by atoms with van der Waals surface area (Å²) in [5.41, 5.74) is 2.81. The van der Waals surface area contributed by atoms with Gasteiger partial charge < -0.3 is 14.6 Å². The molecule has 0 saturated heterocycles. The zero-order chi connectivity index (χ0) is 19.4.